The second kappa shape index (κ2) is 5.89. The van der Waals surface area contributed by atoms with Gasteiger partial charge in [-0.15, -0.1) is 0 Å². The van der Waals surface area contributed by atoms with Crippen LogP contribution in [0.15, 0.2) is 84.9 Å². The zero-order valence-electron chi connectivity index (χ0n) is 14.8. The molecule has 0 bridgehead atoms. The molecule has 1 radical (unpaired) electrons. The normalized spacial score (nSPS) is 12.9. The van der Waals surface area contributed by atoms with E-state index in [1.807, 2.05) is 0 Å². The van der Waals surface area contributed by atoms with Crippen LogP contribution in [-0.4, -0.2) is 19.4 Å². The Labute approximate surface area is 164 Å². The van der Waals surface area contributed by atoms with E-state index in [-0.39, 0.29) is 0 Å². The van der Waals surface area contributed by atoms with Gasteiger partial charge in [-0.3, -0.25) is 0 Å². The molecule has 27 heavy (non-hydrogen) atoms. The summed E-state index contributed by atoms with van der Waals surface area (Å²) in [5.74, 6) is 0. The predicted molar refractivity (Wildman–Crippen MR) is 119 cm³/mol. The third kappa shape index (κ3) is 2.26. The van der Waals surface area contributed by atoms with Crippen molar-refractivity contribution < 1.29 is 0 Å². The molecule has 0 atom stereocenters. The van der Waals surface area contributed by atoms with Gasteiger partial charge in [0.05, 0.1) is 0 Å². The van der Waals surface area contributed by atoms with E-state index in [9.17, 15) is 0 Å². The Morgan fingerprint density at radius 2 is 1.19 bits per heavy atom. The summed E-state index contributed by atoms with van der Waals surface area (Å²) < 4.78 is 0. The summed E-state index contributed by atoms with van der Waals surface area (Å²) in [5.41, 5.74) is 5.71. The predicted octanol–water partition coefficient (Wildman–Crippen LogP) is 6.18. The monoisotopic (exact) mass is 409 g/mol. The molecule has 0 N–H and O–H groups in total. The van der Waals surface area contributed by atoms with Crippen molar-refractivity contribution in [1.82, 2.24) is 0 Å². The van der Waals surface area contributed by atoms with Crippen molar-refractivity contribution in [3.63, 3.8) is 0 Å². The van der Waals surface area contributed by atoms with E-state index in [1.54, 1.807) is 0 Å². The number of rotatable bonds is 1. The molecule has 0 aromatic heterocycles. The van der Waals surface area contributed by atoms with Crippen molar-refractivity contribution >= 4 is 51.8 Å². The van der Waals surface area contributed by atoms with Crippen LogP contribution in [0.25, 0.3) is 43.4 Å². The molecular weight excluding hydrogens is 391 g/mol. The van der Waals surface area contributed by atoms with Gasteiger partial charge in [-0.05, 0) is 0 Å². The van der Waals surface area contributed by atoms with E-state index in [2.05, 4.69) is 89.8 Å². The zero-order chi connectivity index (χ0) is 17.8. The minimum absolute atomic E-state index is 0.609. The Morgan fingerprint density at radius 1 is 0.556 bits per heavy atom. The van der Waals surface area contributed by atoms with Gasteiger partial charge in [0, 0.05) is 0 Å². The first-order valence-electron chi connectivity index (χ1n) is 9.30. The molecule has 0 nitrogen and oxygen atoms in total. The van der Waals surface area contributed by atoms with Crippen LogP contribution in [-0.2, 0) is 5.32 Å². The maximum absolute atomic E-state index is 2.43. The van der Waals surface area contributed by atoms with Crippen LogP contribution in [0.3, 0.4) is 0 Å². The van der Waals surface area contributed by atoms with E-state index in [0.717, 1.165) is 0 Å². The van der Waals surface area contributed by atoms with E-state index in [0.29, 0.717) is 14.5 Å². The van der Waals surface area contributed by atoms with Crippen molar-refractivity contribution in [3.8, 4) is 11.1 Å². The van der Waals surface area contributed by atoms with Gasteiger partial charge in [0.1, 0.15) is 0 Å². The molecule has 5 aromatic carbocycles. The van der Waals surface area contributed by atoms with E-state index in [1.165, 1.54) is 59.9 Å². The van der Waals surface area contributed by atoms with Crippen LogP contribution in [0.1, 0.15) is 11.1 Å². The Kier molecular flexibility index (Phi) is 3.35. The zero-order valence-corrected chi connectivity index (χ0v) is 16.5. The third-order valence-corrected chi connectivity index (χ3v) is 7.54. The van der Waals surface area contributed by atoms with Crippen molar-refractivity contribution in [3.05, 3.63) is 96.1 Å². The minimum atomic E-state index is 0.609. The second-order valence-corrected chi connectivity index (χ2v) is 8.95. The molecule has 1 aliphatic heterocycles. The molecule has 0 saturated heterocycles. The van der Waals surface area contributed by atoms with Crippen LogP contribution in [0.4, 0.5) is 0 Å². The Balaban J connectivity index is 1.73. The first-order valence-corrected chi connectivity index (χ1v) is 11.5. The second-order valence-electron chi connectivity index (χ2n) is 7.15. The van der Waals surface area contributed by atoms with Gasteiger partial charge in [0.2, 0.25) is 0 Å². The van der Waals surface area contributed by atoms with Crippen molar-refractivity contribution in [2.45, 2.75) is 5.32 Å². The first-order chi connectivity index (χ1) is 13.4. The molecule has 0 spiro atoms. The average Bonchev–Trinajstić information content (AvgIpc) is 3.23. The molecule has 5 aromatic rings. The van der Waals surface area contributed by atoms with Gasteiger partial charge in [-0.1, -0.05) is 0 Å². The molecule has 6 rings (SSSR count). The van der Waals surface area contributed by atoms with Crippen molar-refractivity contribution in [2.75, 3.05) is 0 Å². The fourth-order valence-electron chi connectivity index (χ4n) is 4.44. The average molecular weight is 408 g/mol. The molecule has 0 fully saturated rings. The van der Waals surface area contributed by atoms with Gasteiger partial charge in [0.15, 0.2) is 0 Å². The van der Waals surface area contributed by atoms with Gasteiger partial charge >= 0.3 is 164 Å². The molecule has 127 valence electrons. The molecule has 0 saturated carbocycles. The van der Waals surface area contributed by atoms with Crippen LogP contribution in [0.2, 0.25) is 0 Å². The molecule has 1 heteroatoms. The topological polar surface area (TPSA) is 0 Å². The van der Waals surface area contributed by atoms with E-state index < -0.39 is 0 Å². The van der Waals surface area contributed by atoms with Gasteiger partial charge in [-0.2, -0.15) is 0 Å². The van der Waals surface area contributed by atoms with Gasteiger partial charge < -0.3 is 0 Å². The summed E-state index contributed by atoms with van der Waals surface area (Å²) in [7, 11) is 0. The number of benzene rings is 5. The van der Waals surface area contributed by atoms with E-state index in [4.69, 9.17) is 0 Å². The van der Waals surface area contributed by atoms with Gasteiger partial charge in [0.25, 0.3) is 0 Å². The summed E-state index contributed by atoms with van der Waals surface area (Å²) in [4.78, 5) is 2.43. The van der Waals surface area contributed by atoms with Gasteiger partial charge in [-0.25, -0.2) is 0 Å². The van der Waals surface area contributed by atoms with Crippen LogP contribution >= 0.6 is 0 Å². The Morgan fingerprint density at radius 3 is 1.89 bits per heavy atom. The quantitative estimate of drug-likeness (QED) is 0.229. The number of hydrogen-bond acceptors (Lipinski definition) is 0. The van der Waals surface area contributed by atoms with Crippen molar-refractivity contribution in [2.24, 2.45) is 0 Å². The number of fused-ring (bicyclic) bond motifs is 7. The van der Waals surface area contributed by atoms with Crippen LogP contribution in [0.5, 0.6) is 0 Å². The van der Waals surface area contributed by atoms with Crippen LogP contribution < -0.4 is 0 Å². The summed E-state index contributed by atoms with van der Waals surface area (Å²) >= 11 is 0.609. The number of hydrogen-bond donors (Lipinski definition) is 0. The van der Waals surface area contributed by atoms with Crippen molar-refractivity contribution in [1.29, 1.82) is 0 Å². The third-order valence-electron chi connectivity index (χ3n) is 5.71. The van der Waals surface area contributed by atoms with Crippen LogP contribution in [0, 0.1) is 0 Å². The Hall–Kier alpha value is -2.73. The molecule has 0 aliphatic carbocycles. The fraction of sp³-hybridized carbons (Fsp3) is 0.0385. The summed E-state index contributed by atoms with van der Waals surface area (Å²) in [6.07, 6.45) is 0. The first kappa shape index (κ1) is 15.3. The summed E-state index contributed by atoms with van der Waals surface area (Å²) in [5, 5.41) is 9.28. The molecule has 1 heterocycles. The maximum atomic E-state index is 2.43. The standard InChI is InChI=1S/C26H17Se/c1-2-9-22-20(7-1)21-8-3-4-10-23(21)25-14-17(12-13-24(22)25)19-11-5-6-18-15-27-16-26(18)19/h1-15H,16H2. The Bertz CT molecular complexity index is 1360. The SMILES string of the molecule is C1=[Se]Cc2c1cccc2-c1ccc2c3ccccc3c3ccccc3c2c1. The fourth-order valence-corrected chi connectivity index (χ4v) is 6.48. The summed E-state index contributed by atoms with van der Waals surface area (Å²) in [6, 6.07) is 31.4. The molecule has 0 amide bonds. The summed E-state index contributed by atoms with van der Waals surface area (Å²) in [6.45, 7) is 0. The van der Waals surface area contributed by atoms with E-state index >= 15 is 0 Å². The molecular formula is C26H17Se. The molecule has 1 aliphatic rings. The molecule has 0 unspecified atom stereocenters.